The van der Waals surface area contributed by atoms with E-state index in [2.05, 4.69) is 126 Å². The maximum Gasteiger partial charge on any atom is 2.00 e. The van der Waals surface area contributed by atoms with Crippen LogP contribution in [0.3, 0.4) is 0 Å². The molecule has 2 heterocycles. The third-order valence-electron chi connectivity index (χ3n) is 7.17. The average Bonchev–Trinajstić information content (AvgIpc) is 3.02. The predicted molar refractivity (Wildman–Crippen MR) is 163 cm³/mol. The zero-order valence-electron chi connectivity index (χ0n) is 21.6. The molecule has 7 aromatic rings. The summed E-state index contributed by atoms with van der Waals surface area (Å²) < 4.78 is 0. The Morgan fingerprint density at radius 1 is 0.375 bits per heavy atom. The largest absolute Gasteiger partial charge is 2.00 e. The Balaban J connectivity index is 0.00000289. The number of fused-ring (bicyclic) bond motifs is 2. The van der Waals surface area contributed by atoms with E-state index >= 15 is 0 Å². The van der Waals surface area contributed by atoms with Crippen molar-refractivity contribution in [1.82, 2.24) is 9.97 Å². The van der Waals surface area contributed by atoms with Crippen molar-refractivity contribution in [3.8, 4) is 22.3 Å². The monoisotopic (exact) mass is 694 g/mol. The SMILES string of the molecule is [Pt+2].c1ccc(N(c2ncccc2-c2cccc3ccccc23)c2ncccc2-c2cccc3ccccc23)cc1. The summed E-state index contributed by atoms with van der Waals surface area (Å²) in [5.74, 6) is 1.67. The molecule has 192 valence electrons. The molecule has 0 spiro atoms. The van der Waals surface area contributed by atoms with Gasteiger partial charge >= 0.3 is 21.1 Å². The number of nitrogens with zero attached hydrogens (tertiary/aromatic N) is 3. The van der Waals surface area contributed by atoms with Gasteiger partial charge in [-0.3, -0.25) is 4.90 Å². The average molecular weight is 695 g/mol. The molecule has 0 aliphatic rings. The molecular formula is C36H25N3Pt+2. The summed E-state index contributed by atoms with van der Waals surface area (Å²) in [5, 5.41) is 4.78. The first kappa shape index (κ1) is 25.7. The van der Waals surface area contributed by atoms with Crippen LogP contribution in [0.2, 0.25) is 0 Å². The van der Waals surface area contributed by atoms with Gasteiger partial charge in [-0.05, 0) is 69.1 Å². The van der Waals surface area contributed by atoms with Gasteiger partial charge in [-0.25, -0.2) is 9.97 Å². The quantitative estimate of drug-likeness (QED) is 0.180. The zero-order chi connectivity index (χ0) is 26.0. The molecule has 0 radical (unpaired) electrons. The molecule has 0 N–H and O–H groups in total. The van der Waals surface area contributed by atoms with E-state index in [9.17, 15) is 0 Å². The second kappa shape index (κ2) is 11.3. The Morgan fingerprint density at radius 3 is 1.32 bits per heavy atom. The minimum atomic E-state index is 0. The van der Waals surface area contributed by atoms with E-state index < -0.39 is 0 Å². The van der Waals surface area contributed by atoms with Crippen molar-refractivity contribution in [3.63, 3.8) is 0 Å². The smallest absolute Gasteiger partial charge is 0.278 e. The first-order valence-electron chi connectivity index (χ1n) is 13.1. The Bertz CT molecular complexity index is 1800. The van der Waals surface area contributed by atoms with Crippen LogP contribution in [0.25, 0.3) is 43.8 Å². The van der Waals surface area contributed by atoms with Crippen LogP contribution in [-0.4, -0.2) is 9.97 Å². The van der Waals surface area contributed by atoms with E-state index in [1.165, 1.54) is 21.5 Å². The van der Waals surface area contributed by atoms with E-state index in [1.807, 2.05) is 30.6 Å². The van der Waals surface area contributed by atoms with Crippen LogP contribution in [0.1, 0.15) is 0 Å². The number of hydrogen-bond donors (Lipinski definition) is 0. The number of para-hydroxylation sites is 1. The second-order valence-corrected chi connectivity index (χ2v) is 9.47. The maximum atomic E-state index is 5.00. The Morgan fingerprint density at radius 2 is 0.800 bits per heavy atom. The molecule has 0 aliphatic carbocycles. The van der Waals surface area contributed by atoms with E-state index in [1.54, 1.807) is 0 Å². The van der Waals surface area contributed by atoms with Crippen molar-refractivity contribution >= 4 is 38.9 Å². The van der Waals surface area contributed by atoms with Crippen LogP contribution >= 0.6 is 0 Å². The summed E-state index contributed by atoms with van der Waals surface area (Å²) in [6, 6.07) is 48.6. The Hall–Kier alpha value is -4.59. The first-order chi connectivity index (χ1) is 19.4. The molecule has 2 aromatic heterocycles. The van der Waals surface area contributed by atoms with Crippen LogP contribution in [0.4, 0.5) is 17.3 Å². The molecule has 0 unspecified atom stereocenters. The molecule has 4 heteroatoms. The number of aromatic nitrogens is 2. The van der Waals surface area contributed by atoms with Crippen molar-refractivity contribution in [1.29, 1.82) is 0 Å². The van der Waals surface area contributed by atoms with Crippen LogP contribution in [-0.2, 0) is 21.1 Å². The number of rotatable bonds is 5. The normalized spacial score (nSPS) is 10.8. The van der Waals surface area contributed by atoms with E-state index in [0.717, 1.165) is 39.6 Å². The number of hydrogen-bond acceptors (Lipinski definition) is 3. The van der Waals surface area contributed by atoms with E-state index in [0.29, 0.717) is 0 Å². The van der Waals surface area contributed by atoms with Crippen molar-refractivity contribution in [2.45, 2.75) is 0 Å². The van der Waals surface area contributed by atoms with Crippen molar-refractivity contribution in [2.75, 3.05) is 4.90 Å². The topological polar surface area (TPSA) is 29.0 Å². The number of benzene rings is 5. The molecule has 40 heavy (non-hydrogen) atoms. The predicted octanol–water partition coefficient (Wildman–Crippen LogP) is 9.58. The van der Waals surface area contributed by atoms with Gasteiger partial charge in [0.2, 0.25) is 0 Å². The van der Waals surface area contributed by atoms with Crippen LogP contribution in [0.5, 0.6) is 0 Å². The van der Waals surface area contributed by atoms with Crippen molar-refractivity contribution in [2.24, 2.45) is 0 Å². The Kier molecular flexibility index (Phi) is 7.23. The van der Waals surface area contributed by atoms with Crippen LogP contribution in [0.15, 0.2) is 152 Å². The van der Waals surface area contributed by atoms with Crippen molar-refractivity contribution < 1.29 is 21.1 Å². The van der Waals surface area contributed by atoms with Gasteiger partial charge in [0.25, 0.3) is 0 Å². The molecule has 0 amide bonds. The molecule has 0 bridgehead atoms. The fourth-order valence-electron chi connectivity index (χ4n) is 5.41. The summed E-state index contributed by atoms with van der Waals surface area (Å²) >= 11 is 0. The van der Waals surface area contributed by atoms with Gasteiger partial charge in [-0.15, -0.1) is 0 Å². The van der Waals surface area contributed by atoms with Gasteiger partial charge in [-0.1, -0.05) is 103 Å². The molecule has 5 aromatic carbocycles. The molecule has 0 saturated carbocycles. The van der Waals surface area contributed by atoms with Crippen LogP contribution < -0.4 is 4.90 Å². The number of pyridine rings is 2. The van der Waals surface area contributed by atoms with Gasteiger partial charge in [0.15, 0.2) is 0 Å². The molecule has 0 saturated heterocycles. The van der Waals surface area contributed by atoms with Gasteiger partial charge in [0.05, 0.1) is 0 Å². The third kappa shape index (κ3) is 4.59. The summed E-state index contributed by atoms with van der Waals surface area (Å²) in [6.45, 7) is 0. The molecule has 0 aliphatic heterocycles. The van der Waals surface area contributed by atoms with Gasteiger partial charge in [0, 0.05) is 29.2 Å². The summed E-state index contributed by atoms with van der Waals surface area (Å²) in [5.41, 5.74) is 5.37. The molecule has 3 nitrogen and oxygen atoms in total. The minimum Gasteiger partial charge on any atom is -0.278 e. The number of anilines is 3. The Labute approximate surface area is 248 Å². The third-order valence-corrected chi connectivity index (χ3v) is 7.17. The molecule has 0 fully saturated rings. The molecular weight excluding hydrogens is 669 g/mol. The van der Waals surface area contributed by atoms with Gasteiger partial charge in [-0.2, -0.15) is 0 Å². The second-order valence-electron chi connectivity index (χ2n) is 9.47. The summed E-state index contributed by atoms with van der Waals surface area (Å²) in [4.78, 5) is 12.2. The fraction of sp³-hybridized carbons (Fsp3) is 0. The zero-order valence-corrected chi connectivity index (χ0v) is 23.9. The summed E-state index contributed by atoms with van der Waals surface area (Å²) in [7, 11) is 0. The molecule has 7 rings (SSSR count). The fourth-order valence-corrected chi connectivity index (χ4v) is 5.41. The minimum absolute atomic E-state index is 0. The van der Waals surface area contributed by atoms with Crippen molar-refractivity contribution in [3.05, 3.63) is 152 Å². The molecule has 0 atom stereocenters. The maximum absolute atomic E-state index is 5.00. The van der Waals surface area contributed by atoms with Crippen LogP contribution in [0, 0.1) is 0 Å². The van der Waals surface area contributed by atoms with Gasteiger partial charge < -0.3 is 0 Å². The standard InChI is InChI=1S/C36H25N3.Pt/c1-2-16-28(17-3-1)39(35-33(22-10-24-37-35)31-20-8-14-26-12-4-6-18-29(26)31)36-34(23-11-25-38-36)32-21-9-15-27-13-5-7-19-30(27)32;/h1-25H;/q;+2. The summed E-state index contributed by atoms with van der Waals surface area (Å²) in [6.07, 6.45) is 3.72. The van der Waals surface area contributed by atoms with E-state index in [-0.39, 0.29) is 21.1 Å². The van der Waals surface area contributed by atoms with E-state index in [4.69, 9.17) is 9.97 Å². The first-order valence-corrected chi connectivity index (χ1v) is 13.1. The van der Waals surface area contributed by atoms with Gasteiger partial charge in [0.1, 0.15) is 11.6 Å².